The monoisotopic (exact) mass is 280 g/mol. The summed E-state index contributed by atoms with van der Waals surface area (Å²) in [5, 5.41) is 4.02. The van der Waals surface area contributed by atoms with Crippen LogP contribution >= 0.6 is 0 Å². The van der Waals surface area contributed by atoms with Crippen molar-refractivity contribution >= 4 is 15.7 Å². The Kier molecular flexibility index (Phi) is 3.87. The predicted molar refractivity (Wildman–Crippen MR) is 73.0 cm³/mol. The summed E-state index contributed by atoms with van der Waals surface area (Å²) in [6, 6.07) is 8.25. The van der Waals surface area contributed by atoms with E-state index in [2.05, 4.69) is 9.82 Å². The molecule has 102 valence electrons. The SMILES string of the molecule is Cn1nccc1CCNS(=O)(=O)c1ccccc1N. The number of nitrogens with one attached hydrogen (secondary N) is 1. The highest BCUT2D eigenvalue weighted by Gasteiger charge is 2.16. The van der Waals surface area contributed by atoms with Crippen LogP contribution in [0.5, 0.6) is 0 Å². The maximum atomic E-state index is 12.1. The quantitative estimate of drug-likeness (QED) is 0.781. The number of benzene rings is 1. The van der Waals surface area contributed by atoms with E-state index < -0.39 is 10.0 Å². The number of anilines is 1. The molecule has 3 N–H and O–H groups in total. The Balaban J connectivity index is 2.03. The molecule has 1 heterocycles. The second-order valence-corrected chi connectivity index (χ2v) is 5.87. The first-order valence-corrected chi connectivity index (χ1v) is 7.30. The Hall–Kier alpha value is -1.86. The number of aromatic nitrogens is 2. The van der Waals surface area contributed by atoms with Gasteiger partial charge in [-0.3, -0.25) is 4.68 Å². The minimum atomic E-state index is -3.56. The van der Waals surface area contributed by atoms with E-state index in [0.717, 1.165) is 5.69 Å². The van der Waals surface area contributed by atoms with E-state index in [0.29, 0.717) is 13.0 Å². The molecule has 0 fully saturated rings. The molecule has 6 nitrogen and oxygen atoms in total. The van der Waals surface area contributed by atoms with Crippen LogP contribution in [-0.2, 0) is 23.5 Å². The lowest BCUT2D eigenvalue weighted by molar-refractivity contribution is 0.580. The Morgan fingerprint density at radius 3 is 2.68 bits per heavy atom. The van der Waals surface area contributed by atoms with E-state index in [1.807, 2.05) is 13.1 Å². The third-order valence-electron chi connectivity index (χ3n) is 2.80. The van der Waals surface area contributed by atoms with Crippen LogP contribution in [0.15, 0.2) is 41.4 Å². The van der Waals surface area contributed by atoms with E-state index >= 15 is 0 Å². The standard InChI is InChI=1S/C12H16N4O2S/c1-16-10(6-8-14-16)7-9-15-19(17,18)12-5-3-2-4-11(12)13/h2-6,8,15H,7,9,13H2,1H3. The van der Waals surface area contributed by atoms with Gasteiger partial charge in [-0.2, -0.15) is 5.10 Å². The highest BCUT2D eigenvalue weighted by Crippen LogP contribution is 2.16. The van der Waals surface area contributed by atoms with Gasteiger partial charge in [0.2, 0.25) is 10.0 Å². The molecule has 2 aromatic rings. The van der Waals surface area contributed by atoms with Crippen LogP contribution in [0.25, 0.3) is 0 Å². The molecule has 0 saturated carbocycles. The van der Waals surface area contributed by atoms with Crippen molar-refractivity contribution in [2.75, 3.05) is 12.3 Å². The number of hydrogen-bond acceptors (Lipinski definition) is 4. The van der Waals surface area contributed by atoms with E-state index in [1.165, 1.54) is 6.07 Å². The lowest BCUT2D eigenvalue weighted by atomic mass is 10.3. The van der Waals surface area contributed by atoms with Crippen molar-refractivity contribution in [3.8, 4) is 0 Å². The van der Waals surface area contributed by atoms with Gasteiger partial charge in [-0.1, -0.05) is 12.1 Å². The van der Waals surface area contributed by atoms with Crippen molar-refractivity contribution in [1.82, 2.24) is 14.5 Å². The van der Waals surface area contributed by atoms with Gasteiger partial charge < -0.3 is 5.73 Å². The third kappa shape index (κ3) is 3.12. The third-order valence-corrected chi connectivity index (χ3v) is 4.34. The number of aryl methyl sites for hydroxylation is 1. The minimum Gasteiger partial charge on any atom is -0.398 e. The Bertz CT molecular complexity index is 664. The Morgan fingerprint density at radius 2 is 2.05 bits per heavy atom. The van der Waals surface area contributed by atoms with Crippen LogP contribution in [0.4, 0.5) is 5.69 Å². The number of para-hydroxylation sites is 1. The highest BCUT2D eigenvalue weighted by molar-refractivity contribution is 7.89. The van der Waals surface area contributed by atoms with Crippen LogP contribution in [0.3, 0.4) is 0 Å². The molecule has 0 aliphatic carbocycles. The average Bonchev–Trinajstić information content (AvgIpc) is 2.75. The molecule has 0 aliphatic heterocycles. The van der Waals surface area contributed by atoms with E-state index in [-0.39, 0.29) is 10.6 Å². The van der Waals surface area contributed by atoms with Gasteiger partial charge >= 0.3 is 0 Å². The van der Waals surface area contributed by atoms with Crippen molar-refractivity contribution in [3.05, 3.63) is 42.2 Å². The Morgan fingerprint density at radius 1 is 1.32 bits per heavy atom. The van der Waals surface area contributed by atoms with Gasteiger partial charge in [0.05, 0.1) is 5.69 Å². The number of rotatable bonds is 5. The Labute approximate surface area is 112 Å². The fourth-order valence-electron chi connectivity index (χ4n) is 1.76. The molecular weight excluding hydrogens is 264 g/mol. The van der Waals surface area contributed by atoms with Gasteiger partial charge in [-0.15, -0.1) is 0 Å². The molecule has 0 bridgehead atoms. The van der Waals surface area contributed by atoms with Gasteiger partial charge in [0.1, 0.15) is 4.90 Å². The average molecular weight is 280 g/mol. The van der Waals surface area contributed by atoms with Crippen molar-refractivity contribution in [3.63, 3.8) is 0 Å². The highest BCUT2D eigenvalue weighted by atomic mass is 32.2. The van der Waals surface area contributed by atoms with E-state index in [1.54, 1.807) is 29.1 Å². The summed E-state index contributed by atoms with van der Waals surface area (Å²) in [6.07, 6.45) is 2.25. The molecule has 0 radical (unpaired) electrons. The first kappa shape index (κ1) is 13.6. The number of sulfonamides is 1. The summed E-state index contributed by atoms with van der Waals surface area (Å²) in [6.45, 7) is 0.302. The van der Waals surface area contributed by atoms with Gasteiger partial charge in [-0.05, 0) is 18.2 Å². The van der Waals surface area contributed by atoms with E-state index in [9.17, 15) is 8.42 Å². The summed E-state index contributed by atoms with van der Waals surface area (Å²) < 4.78 is 28.4. The zero-order valence-corrected chi connectivity index (χ0v) is 11.4. The van der Waals surface area contributed by atoms with Crippen LogP contribution in [0.1, 0.15) is 5.69 Å². The molecule has 2 rings (SSSR count). The van der Waals surface area contributed by atoms with Crippen LogP contribution in [0.2, 0.25) is 0 Å². The number of nitrogen functional groups attached to an aromatic ring is 1. The smallest absolute Gasteiger partial charge is 0.242 e. The van der Waals surface area contributed by atoms with Crippen molar-refractivity contribution in [1.29, 1.82) is 0 Å². The molecule has 0 spiro atoms. The molecular formula is C12H16N4O2S. The lowest BCUT2D eigenvalue weighted by Gasteiger charge is -2.08. The molecule has 0 aliphatic rings. The summed E-state index contributed by atoms with van der Waals surface area (Å²) in [5.41, 5.74) is 6.87. The van der Waals surface area contributed by atoms with E-state index in [4.69, 9.17) is 5.73 Å². The number of nitrogens with two attached hydrogens (primary N) is 1. The van der Waals surface area contributed by atoms with Gasteiger partial charge in [-0.25, -0.2) is 13.1 Å². The molecule has 0 atom stereocenters. The minimum absolute atomic E-state index is 0.111. The van der Waals surface area contributed by atoms with Crippen LogP contribution < -0.4 is 10.5 Å². The normalized spacial score (nSPS) is 11.6. The fraction of sp³-hybridized carbons (Fsp3) is 0.250. The number of hydrogen-bond donors (Lipinski definition) is 2. The molecule has 1 aromatic heterocycles. The predicted octanol–water partition coefficient (Wildman–Crippen LogP) is 0.523. The topological polar surface area (TPSA) is 90.0 Å². The van der Waals surface area contributed by atoms with Gasteiger partial charge in [0, 0.05) is 31.9 Å². The summed E-state index contributed by atoms with van der Waals surface area (Å²) >= 11 is 0. The summed E-state index contributed by atoms with van der Waals surface area (Å²) in [4.78, 5) is 0.111. The summed E-state index contributed by atoms with van der Waals surface area (Å²) in [7, 11) is -1.74. The zero-order valence-electron chi connectivity index (χ0n) is 10.6. The largest absolute Gasteiger partial charge is 0.398 e. The van der Waals surface area contributed by atoms with Gasteiger partial charge in [0.25, 0.3) is 0 Å². The molecule has 0 saturated heterocycles. The van der Waals surface area contributed by atoms with Crippen LogP contribution in [0, 0.1) is 0 Å². The molecule has 7 heteroatoms. The first-order chi connectivity index (χ1) is 9.00. The maximum absolute atomic E-state index is 12.1. The second-order valence-electron chi connectivity index (χ2n) is 4.13. The van der Waals surface area contributed by atoms with Gasteiger partial charge in [0.15, 0.2) is 0 Å². The van der Waals surface area contributed by atoms with Crippen molar-refractivity contribution in [2.45, 2.75) is 11.3 Å². The summed E-state index contributed by atoms with van der Waals surface area (Å²) in [5.74, 6) is 0. The molecule has 1 aromatic carbocycles. The number of nitrogens with zero attached hydrogens (tertiary/aromatic N) is 2. The second kappa shape index (κ2) is 5.41. The maximum Gasteiger partial charge on any atom is 0.242 e. The molecule has 0 amide bonds. The first-order valence-electron chi connectivity index (χ1n) is 5.82. The molecule has 0 unspecified atom stereocenters. The fourth-order valence-corrected chi connectivity index (χ4v) is 2.93. The van der Waals surface area contributed by atoms with Crippen LogP contribution in [-0.4, -0.2) is 24.7 Å². The lowest BCUT2D eigenvalue weighted by Crippen LogP contribution is -2.27. The van der Waals surface area contributed by atoms with Crippen molar-refractivity contribution in [2.24, 2.45) is 7.05 Å². The van der Waals surface area contributed by atoms with Crippen molar-refractivity contribution < 1.29 is 8.42 Å². The molecule has 19 heavy (non-hydrogen) atoms. The zero-order chi connectivity index (χ0) is 13.9.